The summed E-state index contributed by atoms with van der Waals surface area (Å²) >= 11 is 0. The van der Waals surface area contributed by atoms with Crippen LogP contribution in [-0.4, -0.2) is 52.6 Å². The third-order valence-corrected chi connectivity index (χ3v) is 5.75. The van der Waals surface area contributed by atoms with Gasteiger partial charge >= 0.3 is 0 Å². The lowest BCUT2D eigenvalue weighted by Gasteiger charge is -2.42. The first kappa shape index (κ1) is 25.6. The van der Waals surface area contributed by atoms with Gasteiger partial charge in [0.1, 0.15) is 5.82 Å². The van der Waals surface area contributed by atoms with Crippen molar-refractivity contribution in [2.45, 2.75) is 59.9 Å². The average Bonchev–Trinajstić information content (AvgIpc) is 2.77. The van der Waals surface area contributed by atoms with Crippen molar-refractivity contribution in [3.05, 3.63) is 42.1 Å². The molecule has 32 heavy (non-hydrogen) atoms. The molecule has 2 atom stereocenters. The predicted molar refractivity (Wildman–Crippen MR) is 128 cm³/mol. The fourth-order valence-corrected chi connectivity index (χ4v) is 4.26. The van der Waals surface area contributed by atoms with Gasteiger partial charge in [0.25, 0.3) is 0 Å². The lowest BCUT2D eigenvalue weighted by Crippen LogP contribution is -2.56. The summed E-state index contributed by atoms with van der Waals surface area (Å²) < 4.78 is 0. The summed E-state index contributed by atoms with van der Waals surface area (Å²) in [5.74, 6) is 0.225. The predicted octanol–water partition coefficient (Wildman–Crippen LogP) is 4.05. The van der Waals surface area contributed by atoms with Crippen molar-refractivity contribution < 1.29 is 14.8 Å². The normalized spacial score (nSPS) is 18.3. The van der Waals surface area contributed by atoms with Gasteiger partial charge in [-0.1, -0.05) is 39.0 Å². The monoisotopic (exact) mass is 442 g/mol. The van der Waals surface area contributed by atoms with Gasteiger partial charge in [-0.25, -0.2) is 10.5 Å². The largest absolute Gasteiger partial charge is 0.353 e. The van der Waals surface area contributed by atoms with Crippen molar-refractivity contribution >= 4 is 23.2 Å². The topological polar surface area (TPSA) is 85.8 Å². The molecule has 0 saturated carbocycles. The molecular formula is C25H38N4O3. The fraction of sp³-hybridized carbons (Fsp3) is 0.560. The standard InChI is InChI=1S/C25H38N4O3/c1-6-8-20(9-7-2)21-10-11-23(26-16-21)28-12-13-29(19(5)17-28)25(31)22(14-18(3)4)15-24(30)27-32/h6,8-11,16,18-19,22,32H,7,12-15,17H2,1-5H3,(H,27,30)/b8-6-,20-9+/t19-,22+/m1/s1. The van der Waals surface area contributed by atoms with Crippen LogP contribution in [-0.2, 0) is 9.59 Å². The van der Waals surface area contributed by atoms with Crippen molar-refractivity contribution in [1.82, 2.24) is 15.4 Å². The van der Waals surface area contributed by atoms with E-state index >= 15 is 0 Å². The summed E-state index contributed by atoms with van der Waals surface area (Å²) in [7, 11) is 0. The summed E-state index contributed by atoms with van der Waals surface area (Å²) in [6.45, 7) is 12.2. The highest BCUT2D eigenvalue weighted by Gasteiger charge is 2.33. The summed E-state index contributed by atoms with van der Waals surface area (Å²) in [5, 5.41) is 8.89. The summed E-state index contributed by atoms with van der Waals surface area (Å²) in [5.41, 5.74) is 3.92. The van der Waals surface area contributed by atoms with Crippen molar-refractivity contribution in [1.29, 1.82) is 0 Å². The number of allylic oxidation sites excluding steroid dienone is 4. The van der Waals surface area contributed by atoms with Gasteiger partial charge in [0.15, 0.2) is 0 Å². The van der Waals surface area contributed by atoms with Crippen LogP contribution >= 0.6 is 0 Å². The lowest BCUT2D eigenvalue weighted by atomic mass is 9.91. The minimum atomic E-state index is -0.519. The van der Waals surface area contributed by atoms with E-state index in [1.54, 1.807) is 5.48 Å². The maximum absolute atomic E-state index is 13.2. The first-order chi connectivity index (χ1) is 15.3. The minimum Gasteiger partial charge on any atom is -0.353 e. The van der Waals surface area contributed by atoms with Crippen LogP contribution in [0.3, 0.4) is 0 Å². The first-order valence-electron chi connectivity index (χ1n) is 11.6. The fourth-order valence-electron chi connectivity index (χ4n) is 4.26. The molecule has 0 radical (unpaired) electrons. The highest BCUT2D eigenvalue weighted by Crippen LogP contribution is 2.24. The molecule has 1 aliphatic heterocycles. The number of piperazine rings is 1. The number of rotatable bonds is 9. The van der Waals surface area contributed by atoms with Crippen molar-refractivity contribution in [2.75, 3.05) is 24.5 Å². The number of aromatic nitrogens is 1. The van der Waals surface area contributed by atoms with E-state index < -0.39 is 11.8 Å². The van der Waals surface area contributed by atoms with E-state index in [0.717, 1.165) is 17.8 Å². The number of anilines is 1. The van der Waals surface area contributed by atoms with Crippen LogP contribution in [0.15, 0.2) is 36.6 Å². The van der Waals surface area contributed by atoms with Gasteiger partial charge in [0.05, 0.1) is 0 Å². The number of pyridine rings is 1. The molecule has 1 fully saturated rings. The Bertz CT molecular complexity index is 817. The Morgan fingerprint density at radius 1 is 1.31 bits per heavy atom. The number of hydrogen-bond acceptors (Lipinski definition) is 5. The molecule has 0 aliphatic carbocycles. The molecule has 1 aromatic heterocycles. The molecule has 2 heterocycles. The Morgan fingerprint density at radius 3 is 2.59 bits per heavy atom. The summed E-state index contributed by atoms with van der Waals surface area (Å²) in [4.78, 5) is 33.7. The molecule has 2 N–H and O–H groups in total. The van der Waals surface area contributed by atoms with Crippen molar-refractivity contribution in [3.8, 4) is 0 Å². The van der Waals surface area contributed by atoms with Crippen molar-refractivity contribution in [3.63, 3.8) is 0 Å². The van der Waals surface area contributed by atoms with Gasteiger partial charge < -0.3 is 9.80 Å². The van der Waals surface area contributed by atoms with E-state index in [-0.39, 0.29) is 24.3 Å². The van der Waals surface area contributed by atoms with Gasteiger partial charge in [-0.15, -0.1) is 0 Å². The maximum atomic E-state index is 13.2. The number of nitrogens with one attached hydrogen (secondary N) is 1. The number of nitrogens with zero attached hydrogens (tertiary/aromatic N) is 3. The Labute approximate surface area is 192 Å². The lowest BCUT2D eigenvalue weighted by molar-refractivity contribution is -0.142. The van der Waals surface area contributed by atoms with E-state index in [1.165, 1.54) is 5.57 Å². The molecule has 2 rings (SSSR count). The van der Waals surface area contributed by atoms with Crippen LogP contribution in [0.25, 0.3) is 5.57 Å². The van der Waals surface area contributed by atoms with Gasteiger partial charge in [-0.05, 0) is 55.9 Å². The highest BCUT2D eigenvalue weighted by molar-refractivity contribution is 5.85. The van der Waals surface area contributed by atoms with E-state index in [2.05, 4.69) is 35.0 Å². The van der Waals surface area contributed by atoms with Crippen LogP contribution in [0.2, 0.25) is 0 Å². The van der Waals surface area contributed by atoms with Crippen LogP contribution in [0.4, 0.5) is 5.82 Å². The molecule has 1 saturated heterocycles. The zero-order chi connectivity index (χ0) is 23.7. The zero-order valence-corrected chi connectivity index (χ0v) is 20.0. The third kappa shape index (κ3) is 6.92. The Morgan fingerprint density at radius 2 is 2.06 bits per heavy atom. The zero-order valence-electron chi connectivity index (χ0n) is 20.0. The molecular weight excluding hydrogens is 404 g/mol. The van der Waals surface area contributed by atoms with Gasteiger partial charge in [-0.2, -0.15) is 0 Å². The molecule has 0 aromatic carbocycles. The summed E-state index contributed by atoms with van der Waals surface area (Å²) in [6, 6.07) is 4.14. The second-order valence-corrected chi connectivity index (χ2v) is 8.87. The third-order valence-electron chi connectivity index (χ3n) is 5.75. The Kier molecular flexibility index (Phi) is 9.91. The molecule has 7 heteroatoms. The second kappa shape index (κ2) is 12.4. The van der Waals surface area contributed by atoms with Crippen molar-refractivity contribution in [2.24, 2.45) is 11.8 Å². The van der Waals surface area contributed by atoms with E-state index in [4.69, 9.17) is 5.21 Å². The van der Waals surface area contributed by atoms with E-state index in [1.807, 2.05) is 50.9 Å². The molecule has 1 aromatic rings. The molecule has 0 spiro atoms. The molecule has 2 amide bonds. The van der Waals surface area contributed by atoms with Gasteiger partial charge in [0.2, 0.25) is 11.8 Å². The summed E-state index contributed by atoms with van der Waals surface area (Å²) in [6.07, 6.45) is 9.80. The Balaban J connectivity index is 2.08. The second-order valence-electron chi connectivity index (χ2n) is 8.87. The number of hydroxylamine groups is 1. The molecule has 176 valence electrons. The number of hydrogen-bond donors (Lipinski definition) is 2. The van der Waals surface area contributed by atoms with Gasteiger partial charge in [-0.3, -0.25) is 14.8 Å². The molecule has 7 nitrogen and oxygen atoms in total. The van der Waals surface area contributed by atoms with Crippen LogP contribution in [0, 0.1) is 11.8 Å². The molecule has 0 unspecified atom stereocenters. The van der Waals surface area contributed by atoms with Crippen LogP contribution in [0.1, 0.15) is 59.4 Å². The first-order valence-corrected chi connectivity index (χ1v) is 11.6. The SMILES string of the molecule is C/C=C\C(=C/CC)c1ccc(N2CCN(C(=O)[C@H](CC(=O)NO)CC(C)C)[C@H](C)C2)nc1. The van der Waals surface area contributed by atoms with Crippen LogP contribution < -0.4 is 10.4 Å². The Hall–Kier alpha value is -2.67. The van der Waals surface area contributed by atoms with E-state index in [0.29, 0.717) is 26.1 Å². The van der Waals surface area contributed by atoms with Gasteiger partial charge in [0, 0.05) is 44.2 Å². The maximum Gasteiger partial charge on any atom is 0.244 e. The number of amides is 2. The molecule has 0 bridgehead atoms. The quantitative estimate of drug-likeness (QED) is 0.342. The smallest absolute Gasteiger partial charge is 0.244 e. The van der Waals surface area contributed by atoms with Crippen LogP contribution in [0.5, 0.6) is 0 Å². The molecule has 1 aliphatic rings. The highest BCUT2D eigenvalue weighted by atomic mass is 16.5. The average molecular weight is 443 g/mol. The number of carbonyl (C=O) groups excluding carboxylic acids is 2. The van der Waals surface area contributed by atoms with E-state index in [9.17, 15) is 9.59 Å². The number of carbonyl (C=O) groups is 2. The minimum absolute atomic E-state index is 0.00292.